The summed E-state index contributed by atoms with van der Waals surface area (Å²) in [5.74, 6) is 1.30. The van der Waals surface area contributed by atoms with Crippen molar-refractivity contribution in [2.45, 2.75) is 83.5 Å². The summed E-state index contributed by atoms with van der Waals surface area (Å²) >= 11 is 6.22. The van der Waals surface area contributed by atoms with Crippen LogP contribution < -0.4 is 5.32 Å². The van der Waals surface area contributed by atoms with Crippen LogP contribution in [-0.4, -0.2) is 22.1 Å². The number of carboxylic acid groups (broad SMARTS) is 1. The number of carbonyl (C=O) groups is 2. The van der Waals surface area contributed by atoms with E-state index in [0.29, 0.717) is 34.2 Å². The first-order chi connectivity index (χ1) is 15.7. The lowest BCUT2D eigenvalue weighted by Crippen LogP contribution is -2.24. The summed E-state index contributed by atoms with van der Waals surface area (Å²) in [5.41, 5.74) is 3.25. The van der Waals surface area contributed by atoms with Crippen molar-refractivity contribution in [3.8, 4) is 0 Å². The average molecular weight is 473 g/mol. The third-order valence-electron chi connectivity index (χ3n) is 6.82. The highest BCUT2D eigenvalue weighted by Crippen LogP contribution is 2.52. The fourth-order valence-corrected chi connectivity index (χ4v) is 5.30. The first kappa shape index (κ1) is 23.8. The molecule has 4 rings (SSSR count). The average Bonchev–Trinajstić information content (AvgIpc) is 3.44. The summed E-state index contributed by atoms with van der Waals surface area (Å²) in [7, 11) is 0. The van der Waals surface area contributed by atoms with Crippen LogP contribution >= 0.6 is 11.6 Å². The molecule has 6 nitrogen and oxygen atoms in total. The fraction of sp³-hybridized carbons (Fsp3) is 0.577. The molecule has 7 heteroatoms. The van der Waals surface area contributed by atoms with Crippen molar-refractivity contribution < 1.29 is 19.2 Å². The molecule has 0 radical (unpaired) electrons. The van der Waals surface area contributed by atoms with Gasteiger partial charge in [0, 0.05) is 23.8 Å². The van der Waals surface area contributed by atoms with Crippen molar-refractivity contribution in [3.63, 3.8) is 0 Å². The van der Waals surface area contributed by atoms with E-state index < -0.39 is 11.9 Å². The monoisotopic (exact) mass is 472 g/mol. The molecular formula is C26H33ClN2O4. The third kappa shape index (κ3) is 5.78. The molecule has 1 amide bonds. The van der Waals surface area contributed by atoms with Crippen LogP contribution in [0.5, 0.6) is 0 Å². The molecule has 2 aromatic rings. The Hall–Kier alpha value is -2.34. The van der Waals surface area contributed by atoms with Gasteiger partial charge in [0.15, 0.2) is 0 Å². The number of benzene rings is 1. The van der Waals surface area contributed by atoms with Crippen LogP contribution in [0.3, 0.4) is 0 Å². The molecule has 2 fully saturated rings. The lowest BCUT2D eigenvalue weighted by Gasteiger charge is -2.35. The third-order valence-corrected chi connectivity index (χ3v) is 7.15. The second-order valence-electron chi connectivity index (χ2n) is 10.3. The van der Waals surface area contributed by atoms with Gasteiger partial charge in [-0.25, -0.2) is 0 Å². The number of hydrogen-bond donors (Lipinski definition) is 2. The summed E-state index contributed by atoms with van der Waals surface area (Å²) < 4.78 is 5.86. The van der Waals surface area contributed by atoms with Crippen molar-refractivity contribution >= 4 is 29.2 Å². The van der Waals surface area contributed by atoms with Crippen molar-refractivity contribution in [2.75, 3.05) is 5.32 Å². The van der Waals surface area contributed by atoms with E-state index in [1.165, 1.54) is 6.42 Å². The molecular weight excluding hydrogens is 440 g/mol. The predicted molar refractivity (Wildman–Crippen MR) is 128 cm³/mol. The highest BCUT2D eigenvalue weighted by molar-refractivity contribution is 6.33. The quantitative estimate of drug-likeness (QED) is 0.404. The zero-order chi connectivity index (χ0) is 23.7. The van der Waals surface area contributed by atoms with E-state index >= 15 is 0 Å². The summed E-state index contributed by atoms with van der Waals surface area (Å²) in [6.45, 7) is 6.42. The Morgan fingerprint density at radius 1 is 1.21 bits per heavy atom. The molecule has 0 saturated heterocycles. The number of aryl methyl sites for hydroxylation is 1. The Labute approximate surface area is 200 Å². The number of carboxylic acids is 1. The SMILES string of the molecule is Cc1ccc(Cl)c(NC(=O)C[C@@H](CC(=O)O)c2noc([C@H]3C[C@@H](CC(C)C)C3)c2C2CC2)c1. The van der Waals surface area contributed by atoms with E-state index in [1.807, 2.05) is 13.0 Å². The number of rotatable bonds is 10. The molecule has 0 aliphatic heterocycles. The highest BCUT2D eigenvalue weighted by atomic mass is 35.5. The van der Waals surface area contributed by atoms with Crippen LogP contribution in [0.25, 0.3) is 0 Å². The molecule has 1 aromatic carbocycles. The van der Waals surface area contributed by atoms with Crippen molar-refractivity contribution in [1.29, 1.82) is 0 Å². The van der Waals surface area contributed by atoms with E-state index in [2.05, 4.69) is 24.3 Å². The van der Waals surface area contributed by atoms with Crippen molar-refractivity contribution in [2.24, 2.45) is 11.8 Å². The molecule has 1 aromatic heterocycles. The summed E-state index contributed by atoms with van der Waals surface area (Å²) in [4.78, 5) is 24.5. The molecule has 2 saturated carbocycles. The first-order valence-corrected chi connectivity index (χ1v) is 12.4. The zero-order valence-electron chi connectivity index (χ0n) is 19.6. The van der Waals surface area contributed by atoms with Gasteiger partial charge in [-0.3, -0.25) is 9.59 Å². The van der Waals surface area contributed by atoms with E-state index in [0.717, 1.165) is 48.5 Å². The number of hydrogen-bond acceptors (Lipinski definition) is 4. The molecule has 1 heterocycles. The Balaban J connectivity index is 1.52. The Morgan fingerprint density at radius 2 is 1.94 bits per heavy atom. The normalized spacial score (nSPS) is 21.0. The lowest BCUT2D eigenvalue weighted by atomic mass is 9.69. The van der Waals surface area contributed by atoms with Gasteiger partial charge < -0.3 is 14.9 Å². The minimum Gasteiger partial charge on any atom is -0.481 e. The highest BCUT2D eigenvalue weighted by Gasteiger charge is 2.42. The van der Waals surface area contributed by atoms with Crippen LogP contribution in [0.15, 0.2) is 22.7 Å². The smallest absolute Gasteiger partial charge is 0.304 e. The number of nitrogens with one attached hydrogen (secondary N) is 1. The van der Waals surface area contributed by atoms with Gasteiger partial charge in [-0.2, -0.15) is 0 Å². The molecule has 2 aliphatic carbocycles. The number of aromatic nitrogens is 1. The van der Waals surface area contributed by atoms with E-state index in [1.54, 1.807) is 12.1 Å². The lowest BCUT2D eigenvalue weighted by molar-refractivity contribution is -0.137. The molecule has 2 aliphatic rings. The number of nitrogens with zero attached hydrogens (tertiary/aromatic N) is 1. The summed E-state index contributed by atoms with van der Waals surface area (Å²) in [6, 6.07) is 5.41. The van der Waals surface area contributed by atoms with Crippen molar-refractivity contribution in [3.05, 3.63) is 45.8 Å². The topological polar surface area (TPSA) is 92.4 Å². The molecule has 2 N–H and O–H groups in total. The van der Waals surface area contributed by atoms with E-state index in [9.17, 15) is 14.7 Å². The van der Waals surface area contributed by atoms with Crippen LogP contribution in [-0.2, 0) is 9.59 Å². The van der Waals surface area contributed by atoms with Crippen LogP contribution in [0.2, 0.25) is 5.02 Å². The van der Waals surface area contributed by atoms with Gasteiger partial charge in [-0.05, 0) is 74.5 Å². The predicted octanol–water partition coefficient (Wildman–Crippen LogP) is 6.64. The van der Waals surface area contributed by atoms with E-state index in [-0.39, 0.29) is 18.7 Å². The molecule has 178 valence electrons. The summed E-state index contributed by atoms with van der Waals surface area (Å²) in [5, 5.41) is 17.2. The molecule has 0 bridgehead atoms. The Kier molecular flexibility index (Phi) is 7.13. The summed E-state index contributed by atoms with van der Waals surface area (Å²) in [6.07, 6.45) is 5.40. The minimum absolute atomic E-state index is 0.0168. The van der Waals surface area contributed by atoms with Gasteiger partial charge in [0.2, 0.25) is 5.91 Å². The fourth-order valence-electron chi connectivity index (χ4n) is 5.14. The van der Waals surface area contributed by atoms with Gasteiger partial charge in [0.1, 0.15) is 5.76 Å². The molecule has 0 unspecified atom stereocenters. The van der Waals surface area contributed by atoms with E-state index in [4.69, 9.17) is 16.1 Å². The number of halogens is 1. The van der Waals surface area contributed by atoms with Crippen molar-refractivity contribution in [1.82, 2.24) is 5.16 Å². The second kappa shape index (κ2) is 9.88. The number of aliphatic carboxylic acids is 1. The van der Waals surface area contributed by atoms with Crippen LogP contribution in [0.1, 0.15) is 99.1 Å². The largest absolute Gasteiger partial charge is 0.481 e. The Morgan fingerprint density at radius 3 is 2.58 bits per heavy atom. The standard InChI is InChI=1S/C26H33ClN2O4/c1-14(2)8-16-10-19(11-16)26-24(17-5-6-17)25(29-33-26)18(13-23(31)32)12-22(30)28-21-9-15(3)4-7-20(21)27/h4,7,9,14,16-19H,5-6,8,10-13H2,1-3H3,(H,28,30)(H,31,32)/t16-,18-,19+/m0/s1. The molecule has 33 heavy (non-hydrogen) atoms. The Bertz CT molecular complexity index is 1020. The minimum atomic E-state index is -0.951. The maximum atomic E-state index is 12.9. The van der Waals surface area contributed by atoms with Crippen LogP contribution in [0, 0.1) is 18.8 Å². The number of amides is 1. The maximum Gasteiger partial charge on any atom is 0.304 e. The second-order valence-corrected chi connectivity index (χ2v) is 10.7. The molecule has 1 atom stereocenters. The van der Waals surface area contributed by atoms with Crippen LogP contribution in [0.4, 0.5) is 5.69 Å². The number of carbonyl (C=O) groups excluding carboxylic acids is 1. The van der Waals surface area contributed by atoms with Gasteiger partial charge in [-0.1, -0.05) is 36.7 Å². The van der Waals surface area contributed by atoms with Gasteiger partial charge in [0.05, 0.1) is 22.8 Å². The maximum absolute atomic E-state index is 12.9. The van der Waals surface area contributed by atoms with Gasteiger partial charge >= 0.3 is 5.97 Å². The van der Waals surface area contributed by atoms with Gasteiger partial charge in [0.25, 0.3) is 0 Å². The first-order valence-electron chi connectivity index (χ1n) is 12.0. The number of anilines is 1. The zero-order valence-corrected chi connectivity index (χ0v) is 20.3. The molecule has 0 spiro atoms. The van der Waals surface area contributed by atoms with Gasteiger partial charge in [-0.15, -0.1) is 0 Å².